The number of hydrogen-bond acceptors (Lipinski definition) is 5. The molecule has 2 aromatic heterocycles. The van der Waals surface area contributed by atoms with Gasteiger partial charge >= 0.3 is 0 Å². The average molecular weight is 327 g/mol. The number of aryl methyl sites for hydroxylation is 1. The fourth-order valence-electron chi connectivity index (χ4n) is 2.73. The Balaban J connectivity index is 1.71. The van der Waals surface area contributed by atoms with Crippen LogP contribution in [0.15, 0.2) is 23.1 Å². The van der Waals surface area contributed by atoms with Crippen molar-refractivity contribution in [2.45, 2.75) is 46.8 Å². The van der Waals surface area contributed by atoms with Gasteiger partial charge in [0, 0.05) is 30.8 Å². The summed E-state index contributed by atoms with van der Waals surface area (Å²) in [6.45, 7) is 6.93. The predicted octanol–water partition coefficient (Wildman–Crippen LogP) is 1.08. The molecule has 0 aliphatic carbocycles. The minimum atomic E-state index is -0.273. The highest BCUT2D eigenvalue weighted by Gasteiger charge is 2.25. The molecule has 126 valence electrons. The van der Waals surface area contributed by atoms with E-state index in [0.29, 0.717) is 24.7 Å². The van der Waals surface area contributed by atoms with Gasteiger partial charge < -0.3 is 4.90 Å². The molecule has 2 aromatic rings. The Hall–Kier alpha value is -2.57. The second-order valence-corrected chi connectivity index (χ2v) is 6.58. The van der Waals surface area contributed by atoms with E-state index < -0.39 is 0 Å². The van der Waals surface area contributed by atoms with Crippen molar-refractivity contribution in [3.63, 3.8) is 0 Å². The van der Waals surface area contributed by atoms with Crippen LogP contribution in [-0.2, 0) is 30.8 Å². The second kappa shape index (κ2) is 6.51. The Morgan fingerprint density at radius 2 is 2.08 bits per heavy atom. The van der Waals surface area contributed by atoms with Crippen molar-refractivity contribution < 1.29 is 4.79 Å². The molecule has 1 amide bonds. The van der Waals surface area contributed by atoms with Crippen molar-refractivity contribution in [1.29, 1.82) is 0 Å². The van der Waals surface area contributed by atoms with E-state index in [9.17, 15) is 9.59 Å². The lowest BCUT2D eigenvalue weighted by Gasteiger charge is -2.15. The predicted molar refractivity (Wildman–Crippen MR) is 88.1 cm³/mol. The van der Waals surface area contributed by atoms with E-state index in [2.05, 4.69) is 28.9 Å². The number of rotatable bonds is 4. The van der Waals surface area contributed by atoms with Gasteiger partial charge in [-0.25, -0.2) is 14.6 Å². The first kappa shape index (κ1) is 16.3. The molecule has 0 fully saturated rings. The molecule has 24 heavy (non-hydrogen) atoms. The molecule has 0 unspecified atom stereocenters. The second-order valence-electron chi connectivity index (χ2n) is 6.58. The highest BCUT2D eigenvalue weighted by atomic mass is 16.2. The van der Waals surface area contributed by atoms with Crippen LogP contribution in [0.1, 0.15) is 36.6 Å². The molecule has 1 aliphatic rings. The number of amides is 1. The van der Waals surface area contributed by atoms with Crippen molar-refractivity contribution >= 4 is 5.91 Å². The summed E-state index contributed by atoms with van der Waals surface area (Å²) in [5, 5.41) is 4.11. The van der Waals surface area contributed by atoms with Crippen molar-refractivity contribution in [2.24, 2.45) is 5.92 Å². The molecule has 0 N–H and O–H groups in total. The van der Waals surface area contributed by atoms with E-state index in [-0.39, 0.29) is 18.0 Å². The van der Waals surface area contributed by atoms with Gasteiger partial charge in [-0.05, 0) is 18.9 Å². The van der Waals surface area contributed by atoms with Crippen molar-refractivity contribution in [1.82, 2.24) is 24.6 Å². The van der Waals surface area contributed by atoms with Gasteiger partial charge in [0.1, 0.15) is 12.4 Å². The fraction of sp³-hybridized carbons (Fsp3) is 0.471. The first-order chi connectivity index (χ1) is 11.4. The molecular weight excluding hydrogens is 306 g/mol. The van der Waals surface area contributed by atoms with Crippen LogP contribution in [0.25, 0.3) is 0 Å². The maximum Gasteiger partial charge on any atom is 0.267 e. The lowest BCUT2D eigenvalue weighted by atomic mass is 10.1. The molecule has 0 bridgehead atoms. The summed E-state index contributed by atoms with van der Waals surface area (Å²) in [4.78, 5) is 34.9. The third-order valence-electron chi connectivity index (χ3n) is 3.93. The number of nitrogens with zero attached hydrogens (tertiary/aromatic N) is 5. The minimum Gasteiger partial charge on any atom is -0.331 e. The van der Waals surface area contributed by atoms with E-state index in [0.717, 1.165) is 23.5 Å². The van der Waals surface area contributed by atoms with Gasteiger partial charge in [0.2, 0.25) is 5.91 Å². The zero-order valence-electron chi connectivity index (χ0n) is 14.2. The van der Waals surface area contributed by atoms with Gasteiger partial charge in [-0.3, -0.25) is 9.59 Å². The summed E-state index contributed by atoms with van der Waals surface area (Å²) < 4.78 is 1.20. The zero-order valence-corrected chi connectivity index (χ0v) is 14.2. The van der Waals surface area contributed by atoms with Crippen LogP contribution in [0, 0.1) is 12.8 Å². The summed E-state index contributed by atoms with van der Waals surface area (Å²) in [5.74, 6) is 1.16. The molecule has 7 heteroatoms. The standard InChI is InChI=1S/C17H21N5O2/c1-11(2)6-15-18-7-13-8-21(9-14(13)19-15)17(24)10-22-16(23)5-4-12(3)20-22/h4-5,7,11H,6,8-10H2,1-3H3. The fourth-order valence-corrected chi connectivity index (χ4v) is 2.73. The highest BCUT2D eigenvalue weighted by molar-refractivity contribution is 5.76. The van der Waals surface area contributed by atoms with Crippen LogP contribution in [0.2, 0.25) is 0 Å². The summed E-state index contributed by atoms with van der Waals surface area (Å²) >= 11 is 0. The van der Waals surface area contributed by atoms with E-state index in [1.807, 2.05) is 6.20 Å². The normalized spacial score (nSPS) is 13.4. The van der Waals surface area contributed by atoms with Gasteiger partial charge in [0.25, 0.3) is 5.56 Å². The van der Waals surface area contributed by atoms with E-state index in [1.165, 1.54) is 10.7 Å². The van der Waals surface area contributed by atoms with Crippen LogP contribution in [0.3, 0.4) is 0 Å². The molecule has 0 radical (unpaired) electrons. The zero-order chi connectivity index (χ0) is 17.3. The van der Waals surface area contributed by atoms with Crippen molar-refractivity contribution in [3.05, 3.63) is 51.5 Å². The summed E-state index contributed by atoms with van der Waals surface area (Å²) in [7, 11) is 0. The van der Waals surface area contributed by atoms with Gasteiger partial charge in [0.15, 0.2) is 0 Å². The third-order valence-corrected chi connectivity index (χ3v) is 3.93. The lowest BCUT2D eigenvalue weighted by molar-refractivity contribution is -0.132. The Morgan fingerprint density at radius 1 is 1.29 bits per heavy atom. The molecule has 0 atom stereocenters. The Morgan fingerprint density at radius 3 is 2.83 bits per heavy atom. The third kappa shape index (κ3) is 3.50. The van der Waals surface area contributed by atoms with Crippen LogP contribution < -0.4 is 5.56 Å². The maximum absolute atomic E-state index is 12.5. The lowest BCUT2D eigenvalue weighted by Crippen LogP contribution is -2.34. The molecule has 0 spiro atoms. The summed E-state index contributed by atoms with van der Waals surface area (Å²) in [6, 6.07) is 3.07. The monoisotopic (exact) mass is 327 g/mol. The molecule has 3 rings (SSSR count). The molecule has 0 saturated heterocycles. The van der Waals surface area contributed by atoms with Crippen molar-refractivity contribution in [3.8, 4) is 0 Å². The summed E-state index contributed by atoms with van der Waals surface area (Å²) in [5.41, 5.74) is 2.31. The van der Waals surface area contributed by atoms with Crippen LogP contribution in [0.4, 0.5) is 0 Å². The molecule has 7 nitrogen and oxygen atoms in total. The number of fused-ring (bicyclic) bond motifs is 1. The van der Waals surface area contributed by atoms with Crippen LogP contribution in [0.5, 0.6) is 0 Å². The van der Waals surface area contributed by atoms with Gasteiger partial charge in [-0.2, -0.15) is 5.10 Å². The number of carbonyl (C=O) groups is 1. The topological polar surface area (TPSA) is 81.0 Å². The summed E-state index contributed by atoms with van der Waals surface area (Å²) in [6.07, 6.45) is 2.63. The van der Waals surface area contributed by atoms with E-state index >= 15 is 0 Å². The van der Waals surface area contributed by atoms with E-state index in [1.54, 1.807) is 17.9 Å². The largest absolute Gasteiger partial charge is 0.331 e. The van der Waals surface area contributed by atoms with Crippen LogP contribution in [-0.4, -0.2) is 30.6 Å². The van der Waals surface area contributed by atoms with Crippen molar-refractivity contribution in [2.75, 3.05) is 0 Å². The van der Waals surface area contributed by atoms with Gasteiger partial charge in [-0.1, -0.05) is 13.8 Å². The first-order valence-electron chi connectivity index (χ1n) is 8.08. The Labute approximate surface area is 140 Å². The molecule has 1 aliphatic heterocycles. The SMILES string of the molecule is Cc1ccc(=O)n(CC(=O)N2Cc3cnc(CC(C)C)nc3C2)n1. The number of hydrogen-bond donors (Lipinski definition) is 0. The van der Waals surface area contributed by atoms with Gasteiger partial charge in [-0.15, -0.1) is 0 Å². The molecular formula is C17H21N5O2. The molecule has 3 heterocycles. The average Bonchev–Trinajstić information content (AvgIpc) is 2.93. The quantitative estimate of drug-likeness (QED) is 0.839. The highest BCUT2D eigenvalue weighted by Crippen LogP contribution is 2.21. The Kier molecular flexibility index (Phi) is 4.42. The van der Waals surface area contributed by atoms with Crippen LogP contribution >= 0.6 is 0 Å². The first-order valence-corrected chi connectivity index (χ1v) is 8.08. The number of aromatic nitrogens is 4. The molecule has 0 aromatic carbocycles. The maximum atomic E-state index is 12.5. The number of carbonyl (C=O) groups excluding carboxylic acids is 1. The Bertz CT molecular complexity index is 828. The minimum absolute atomic E-state index is 0.0548. The molecule has 0 saturated carbocycles. The van der Waals surface area contributed by atoms with E-state index in [4.69, 9.17) is 0 Å². The van der Waals surface area contributed by atoms with Gasteiger partial charge in [0.05, 0.1) is 17.9 Å². The smallest absolute Gasteiger partial charge is 0.267 e.